The fourth-order valence-corrected chi connectivity index (χ4v) is 3.31. The van der Waals surface area contributed by atoms with Crippen LogP contribution >= 0.6 is 11.8 Å². The summed E-state index contributed by atoms with van der Waals surface area (Å²) in [6, 6.07) is 6.84. The van der Waals surface area contributed by atoms with Crippen LogP contribution in [0, 0.1) is 0 Å². The summed E-state index contributed by atoms with van der Waals surface area (Å²) in [6.07, 6.45) is 1.09. The summed E-state index contributed by atoms with van der Waals surface area (Å²) in [6.45, 7) is 9.56. The lowest BCUT2D eigenvalue weighted by Crippen LogP contribution is -2.45. The normalized spacial score (nSPS) is 17.0. The smallest absolute Gasteiger partial charge is 0.407 e. The predicted molar refractivity (Wildman–Crippen MR) is 109 cm³/mol. The number of nitrogens with one attached hydrogen (secondary N) is 1. The molecule has 0 aliphatic carbocycles. The summed E-state index contributed by atoms with van der Waals surface area (Å²) in [4.78, 5) is 38.1. The van der Waals surface area contributed by atoms with E-state index >= 15 is 0 Å². The van der Waals surface area contributed by atoms with Crippen LogP contribution in [-0.4, -0.2) is 46.9 Å². The fourth-order valence-electron chi connectivity index (χ4n) is 2.46. The van der Waals surface area contributed by atoms with Crippen LogP contribution in [0.15, 0.2) is 29.2 Å². The lowest BCUT2D eigenvalue weighted by molar-refractivity contribution is -0.123. The molecule has 1 aromatic carbocycles. The van der Waals surface area contributed by atoms with Gasteiger partial charge in [-0.2, -0.15) is 0 Å². The van der Waals surface area contributed by atoms with E-state index in [1.807, 2.05) is 31.2 Å². The Morgan fingerprint density at radius 3 is 2.46 bits per heavy atom. The summed E-state index contributed by atoms with van der Waals surface area (Å²) < 4.78 is 10.6. The van der Waals surface area contributed by atoms with E-state index in [-0.39, 0.29) is 17.7 Å². The minimum atomic E-state index is -0.618. The Kier molecular flexibility index (Phi) is 7.12. The van der Waals surface area contributed by atoms with Gasteiger partial charge < -0.3 is 14.8 Å². The van der Waals surface area contributed by atoms with Crippen LogP contribution in [-0.2, 0) is 9.53 Å². The van der Waals surface area contributed by atoms with Crippen molar-refractivity contribution >= 4 is 35.1 Å². The number of alkyl carbamates (subject to hydrolysis) is 1. The van der Waals surface area contributed by atoms with Crippen molar-refractivity contribution in [3.05, 3.63) is 34.7 Å². The lowest BCUT2D eigenvalue weighted by atomic mass is 10.2. The topological polar surface area (TPSA) is 84.9 Å². The van der Waals surface area contributed by atoms with Crippen LogP contribution in [0.25, 0.3) is 6.08 Å². The van der Waals surface area contributed by atoms with Gasteiger partial charge in [-0.3, -0.25) is 14.5 Å². The number of thioether (sulfide) groups is 1. The van der Waals surface area contributed by atoms with Crippen molar-refractivity contribution in [3.8, 4) is 5.75 Å². The molecule has 1 atom stereocenters. The first-order valence-corrected chi connectivity index (χ1v) is 9.88. The monoisotopic (exact) mass is 406 g/mol. The van der Waals surface area contributed by atoms with Crippen LogP contribution in [0.4, 0.5) is 9.59 Å². The molecule has 0 saturated carbocycles. The third kappa shape index (κ3) is 6.30. The Balaban J connectivity index is 1.99. The number of ether oxygens (including phenoxy) is 2. The molecule has 28 heavy (non-hydrogen) atoms. The molecule has 2 rings (SSSR count). The number of hydrogen-bond donors (Lipinski definition) is 1. The van der Waals surface area contributed by atoms with Gasteiger partial charge in [0.25, 0.3) is 11.1 Å². The highest BCUT2D eigenvalue weighted by molar-refractivity contribution is 8.18. The van der Waals surface area contributed by atoms with E-state index in [9.17, 15) is 14.4 Å². The Morgan fingerprint density at radius 1 is 1.25 bits per heavy atom. The maximum Gasteiger partial charge on any atom is 0.407 e. The molecule has 1 fully saturated rings. The van der Waals surface area contributed by atoms with Crippen LogP contribution in [0.2, 0.25) is 0 Å². The Hall–Kier alpha value is -2.48. The van der Waals surface area contributed by atoms with E-state index in [2.05, 4.69) is 5.32 Å². The molecule has 1 unspecified atom stereocenters. The van der Waals surface area contributed by atoms with Gasteiger partial charge in [-0.05, 0) is 70.2 Å². The third-order valence-corrected chi connectivity index (χ3v) is 4.49. The van der Waals surface area contributed by atoms with Crippen LogP contribution in [0.5, 0.6) is 5.75 Å². The van der Waals surface area contributed by atoms with Gasteiger partial charge in [0.15, 0.2) is 0 Å². The summed E-state index contributed by atoms with van der Waals surface area (Å²) >= 11 is 0.885. The van der Waals surface area contributed by atoms with Crippen molar-refractivity contribution in [2.24, 2.45) is 0 Å². The van der Waals surface area contributed by atoms with Crippen LogP contribution in [0.1, 0.15) is 40.2 Å². The van der Waals surface area contributed by atoms with Crippen molar-refractivity contribution in [2.75, 3.05) is 13.2 Å². The van der Waals surface area contributed by atoms with Gasteiger partial charge in [0.05, 0.1) is 11.5 Å². The number of rotatable bonds is 6. The molecule has 0 spiro atoms. The van der Waals surface area contributed by atoms with Gasteiger partial charge in [-0.1, -0.05) is 12.1 Å². The third-order valence-electron chi connectivity index (χ3n) is 3.58. The molecular formula is C20H26N2O5S. The zero-order valence-electron chi connectivity index (χ0n) is 16.8. The highest BCUT2D eigenvalue weighted by atomic mass is 32.2. The van der Waals surface area contributed by atoms with E-state index < -0.39 is 17.7 Å². The maximum atomic E-state index is 12.6. The van der Waals surface area contributed by atoms with Gasteiger partial charge in [0.1, 0.15) is 11.4 Å². The number of carbonyl (C=O) groups excluding carboxylic acids is 3. The minimum Gasteiger partial charge on any atom is -0.494 e. The Bertz CT molecular complexity index is 768. The van der Waals surface area contributed by atoms with E-state index in [0.29, 0.717) is 11.5 Å². The first-order chi connectivity index (χ1) is 13.1. The molecule has 1 aliphatic heterocycles. The summed E-state index contributed by atoms with van der Waals surface area (Å²) in [7, 11) is 0. The molecule has 152 valence electrons. The molecule has 7 nitrogen and oxygen atoms in total. The maximum absolute atomic E-state index is 12.6. The van der Waals surface area contributed by atoms with E-state index in [0.717, 1.165) is 28.0 Å². The van der Waals surface area contributed by atoms with Gasteiger partial charge in [0.2, 0.25) is 0 Å². The zero-order valence-corrected chi connectivity index (χ0v) is 17.6. The molecule has 1 N–H and O–H groups in total. The SMILES string of the molecule is CCOc1ccc(/C=C2\SC(=O)N(CC(C)NC(=O)OC(C)(C)C)C2=O)cc1. The molecule has 1 saturated heterocycles. The number of nitrogens with zero attached hydrogens (tertiary/aromatic N) is 1. The molecule has 0 radical (unpaired) electrons. The number of carbonyl (C=O) groups is 3. The molecule has 0 bridgehead atoms. The van der Waals surface area contributed by atoms with Crippen LogP contribution in [0.3, 0.4) is 0 Å². The second kappa shape index (κ2) is 9.14. The molecule has 3 amide bonds. The molecule has 1 aromatic rings. The Labute approximate surface area is 169 Å². The Morgan fingerprint density at radius 2 is 1.89 bits per heavy atom. The molecule has 1 aliphatic rings. The molecule has 8 heteroatoms. The van der Waals surface area contributed by atoms with Crippen molar-refractivity contribution in [1.29, 1.82) is 0 Å². The predicted octanol–water partition coefficient (Wildman–Crippen LogP) is 4.03. The molecule has 0 aromatic heterocycles. The fraction of sp³-hybridized carbons (Fsp3) is 0.450. The zero-order chi connectivity index (χ0) is 20.9. The van der Waals surface area contributed by atoms with E-state index in [4.69, 9.17) is 9.47 Å². The highest BCUT2D eigenvalue weighted by Crippen LogP contribution is 2.32. The first kappa shape index (κ1) is 21.8. The number of benzene rings is 1. The van der Waals surface area contributed by atoms with Gasteiger partial charge in [-0.15, -0.1) is 0 Å². The van der Waals surface area contributed by atoms with Gasteiger partial charge in [-0.25, -0.2) is 4.79 Å². The average molecular weight is 407 g/mol. The quantitative estimate of drug-likeness (QED) is 0.718. The van der Waals surface area contributed by atoms with Crippen LogP contribution < -0.4 is 10.1 Å². The largest absolute Gasteiger partial charge is 0.494 e. The second-order valence-corrected chi connectivity index (χ2v) is 8.33. The van der Waals surface area contributed by atoms with E-state index in [1.165, 1.54) is 0 Å². The number of imide groups is 1. The van der Waals surface area contributed by atoms with Gasteiger partial charge in [0, 0.05) is 12.6 Å². The number of hydrogen-bond acceptors (Lipinski definition) is 6. The highest BCUT2D eigenvalue weighted by Gasteiger charge is 2.36. The van der Waals surface area contributed by atoms with Crippen molar-refractivity contribution in [2.45, 2.75) is 46.3 Å². The van der Waals surface area contributed by atoms with Crippen molar-refractivity contribution in [1.82, 2.24) is 10.2 Å². The second-order valence-electron chi connectivity index (χ2n) is 7.34. The summed E-state index contributed by atoms with van der Waals surface area (Å²) in [5, 5.41) is 2.28. The number of amides is 3. The standard InChI is InChI=1S/C20H26N2O5S/c1-6-26-15-9-7-14(8-10-15)11-16-17(23)22(19(25)28-16)12-13(2)21-18(24)27-20(3,4)5/h7-11,13H,6,12H2,1-5H3,(H,21,24)/b16-11-. The summed E-state index contributed by atoms with van der Waals surface area (Å²) in [5.74, 6) is 0.372. The first-order valence-electron chi connectivity index (χ1n) is 9.07. The van der Waals surface area contributed by atoms with Gasteiger partial charge >= 0.3 is 6.09 Å². The van der Waals surface area contributed by atoms with Crippen molar-refractivity contribution < 1.29 is 23.9 Å². The summed E-state index contributed by atoms with van der Waals surface area (Å²) in [5.41, 5.74) is 0.181. The lowest BCUT2D eigenvalue weighted by Gasteiger charge is -2.23. The molecule has 1 heterocycles. The van der Waals surface area contributed by atoms with Crippen molar-refractivity contribution in [3.63, 3.8) is 0 Å². The average Bonchev–Trinajstić information content (AvgIpc) is 2.82. The van der Waals surface area contributed by atoms with E-state index in [1.54, 1.807) is 33.8 Å². The molecular weight excluding hydrogens is 380 g/mol. The minimum absolute atomic E-state index is 0.0739.